The summed E-state index contributed by atoms with van der Waals surface area (Å²) in [5, 5.41) is 10.9. The van der Waals surface area contributed by atoms with E-state index in [1.54, 1.807) is 4.90 Å². The fourth-order valence-corrected chi connectivity index (χ4v) is 1.99. The van der Waals surface area contributed by atoms with Crippen molar-refractivity contribution in [2.75, 3.05) is 38.1 Å². The van der Waals surface area contributed by atoms with E-state index in [2.05, 4.69) is 9.72 Å². The van der Waals surface area contributed by atoms with Crippen LogP contribution in [0.3, 0.4) is 0 Å². The summed E-state index contributed by atoms with van der Waals surface area (Å²) in [6, 6.07) is 2.29. The molecule has 8 nitrogen and oxygen atoms in total. The average molecular weight is 334 g/mol. The molecule has 23 heavy (non-hydrogen) atoms. The summed E-state index contributed by atoms with van der Waals surface area (Å²) in [4.78, 5) is 28.3. The fraction of sp³-hybridized carbons (Fsp3) is 0.500. The highest BCUT2D eigenvalue weighted by molar-refractivity contribution is 5.78. The molecule has 1 aliphatic heterocycles. The van der Waals surface area contributed by atoms with Gasteiger partial charge in [0.15, 0.2) is 0 Å². The average Bonchev–Trinajstić information content (AvgIpc) is 2.46. The summed E-state index contributed by atoms with van der Waals surface area (Å²) in [5.74, 6) is -3.30. The number of rotatable bonds is 3. The number of carbonyl (C=O) groups is 1. The highest BCUT2D eigenvalue weighted by Crippen LogP contribution is 2.30. The van der Waals surface area contributed by atoms with Crippen LogP contribution in [0.4, 0.5) is 24.7 Å². The van der Waals surface area contributed by atoms with Crippen LogP contribution in [0.5, 0.6) is 5.88 Å². The Morgan fingerprint density at radius 1 is 1.30 bits per heavy atom. The molecule has 0 aliphatic carbocycles. The minimum Gasteiger partial charge on any atom is -0.394 e. The van der Waals surface area contributed by atoms with Crippen LogP contribution in [0.1, 0.15) is 0 Å². The molecule has 1 aromatic heterocycles. The number of nitrogens with zero attached hydrogens (tertiary/aromatic N) is 4. The van der Waals surface area contributed by atoms with Crippen LogP contribution in [0, 0.1) is 10.1 Å². The normalized spacial score (nSPS) is 16.3. The van der Waals surface area contributed by atoms with Crippen molar-refractivity contribution in [2.24, 2.45) is 0 Å². The molecule has 0 bridgehead atoms. The first kappa shape index (κ1) is 16.9. The molecule has 11 heteroatoms. The number of hydrogen-bond acceptors (Lipinski definition) is 7. The number of hydrogen-bond donors (Lipinski definition) is 0. The van der Waals surface area contributed by atoms with Crippen molar-refractivity contribution in [2.45, 2.75) is 6.18 Å². The lowest BCUT2D eigenvalue weighted by Gasteiger charge is -2.33. The molecule has 2 heterocycles. The first-order chi connectivity index (χ1) is 10.7. The molecule has 0 aromatic carbocycles. The number of alkyl halides is 3. The van der Waals surface area contributed by atoms with E-state index in [0.29, 0.717) is 26.2 Å². The van der Waals surface area contributed by atoms with E-state index in [4.69, 9.17) is 0 Å². The zero-order chi connectivity index (χ0) is 17.2. The van der Waals surface area contributed by atoms with E-state index in [1.807, 2.05) is 11.9 Å². The molecule has 1 fully saturated rings. The summed E-state index contributed by atoms with van der Waals surface area (Å²) in [6.45, 7) is 2.51. The first-order valence-corrected chi connectivity index (χ1v) is 6.56. The largest absolute Gasteiger partial charge is 0.491 e. The Morgan fingerprint density at radius 3 is 2.43 bits per heavy atom. The molecule has 0 atom stereocenters. The van der Waals surface area contributed by atoms with E-state index >= 15 is 0 Å². The molecular formula is C12H13F3N4O4. The van der Waals surface area contributed by atoms with Crippen molar-refractivity contribution in [1.29, 1.82) is 0 Å². The number of carbonyl (C=O) groups excluding carboxylic acids is 1. The maximum atomic E-state index is 12.3. The smallest absolute Gasteiger partial charge is 0.394 e. The zero-order valence-corrected chi connectivity index (χ0v) is 12.0. The van der Waals surface area contributed by atoms with Crippen molar-refractivity contribution in [3.8, 4) is 5.88 Å². The van der Waals surface area contributed by atoms with Gasteiger partial charge in [0.2, 0.25) is 0 Å². The van der Waals surface area contributed by atoms with E-state index in [9.17, 15) is 28.1 Å². The number of likely N-dealkylation sites (N-methyl/N-ethyl adjacent to an activating group) is 1. The maximum Gasteiger partial charge on any atom is 0.491 e. The highest BCUT2D eigenvalue weighted by Gasteiger charge is 2.43. The topological polar surface area (TPSA) is 88.8 Å². The quantitative estimate of drug-likeness (QED) is 0.466. The number of nitro groups is 1. The van der Waals surface area contributed by atoms with Crippen LogP contribution < -0.4 is 9.64 Å². The summed E-state index contributed by atoms with van der Waals surface area (Å²) in [7, 11) is 1.91. The molecule has 0 N–H and O–H groups in total. The van der Waals surface area contributed by atoms with Crippen molar-refractivity contribution in [3.63, 3.8) is 0 Å². The van der Waals surface area contributed by atoms with Crippen molar-refractivity contribution in [1.82, 2.24) is 9.88 Å². The standard InChI is InChI=1S/C12H13F3N4O4/c1-17-4-6-18(7-5-17)9-3-2-8(19(21)22)10(16-9)23-11(20)12(13,14)15/h2-3H,4-7H2,1H3. The molecule has 1 aromatic rings. The van der Waals surface area contributed by atoms with Gasteiger partial charge >= 0.3 is 23.7 Å². The number of aromatic nitrogens is 1. The number of piperazine rings is 1. The Morgan fingerprint density at radius 2 is 1.91 bits per heavy atom. The second-order valence-electron chi connectivity index (χ2n) is 4.93. The highest BCUT2D eigenvalue weighted by atomic mass is 19.4. The first-order valence-electron chi connectivity index (χ1n) is 6.56. The SMILES string of the molecule is CN1CCN(c2ccc([N+](=O)[O-])c(OC(=O)C(F)(F)F)n2)CC1. The Labute approximate surface area is 128 Å². The summed E-state index contributed by atoms with van der Waals surface area (Å²) < 4.78 is 40.9. The van der Waals surface area contributed by atoms with Gasteiger partial charge in [-0.05, 0) is 13.1 Å². The lowest BCUT2D eigenvalue weighted by atomic mass is 10.3. The van der Waals surface area contributed by atoms with Gasteiger partial charge in [-0.25, -0.2) is 4.79 Å². The number of halogens is 3. The Kier molecular flexibility index (Phi) is 4.68. The van der Waals surface area contributed by atoms with Gasteiger partial charge in [0.25, 0.3) is 0 Å². The number of ether oxygens (including phenoxy) is 1. The van der Waals surface area contributed by atoms with Crippen LogP contribution in [-0.2, 0) is 4.79 Å². The summed E-state index contributed by atoms with van der Waals surface area (Å²) in [5.41, 5.74) is -0.805. The summed E-state index contributed by atoms with van der Waals surface area (Å²) in [6.07, 6.45) is -5.26. The maximum absolute atomic E-state index is 12.3. The second-order valence-corrected chi connectivity index (χ2v) is 4.93. The molecule has 0 saturated carbocycles. The van der Waals surface area contributed by atoms with E-state index in [0.717, 1.165) is 6.07 Å². The van der Waals surface area contributed by atoms with Crippen LogP contribution in [0.25, 0.3) is 0 Å². The Bertz CT molecular complexity index is 615. The minimum absolute atomic E-state index is 0.216. The van der Waals surface area contributed by atoms with Gasteiger partial charge in [0.05, 0.1) is 4.92 Å². The van der Waals surface area contributed by atoms with Crippen molar-refractivity contribution < 1.29 is 27.6 Å². The van der Waals surface area contributed by atoms with Gasteiger partial charge in [-0.2, -0.15) is 18.2 Å². The van der Waals surface area contributed by atoms with Crippen LogP contribution in [0.15, 0.2) is 12.1 Å². The molecule has 0 spiro atoms. The van der Waals surface area contributed by atoms with E-state index in [-0.39, 0.29) is 5.82 Å². The Hall–Kier alpha value is -2.43. The third-order valence-electron chi connectivity index (χ3n) is 3.27. The van der Waals surface area contributed by atoms with Crippen molar-refractivity contribution >= 4 is 17.5 Å². The molecular weight excluding hydrogens is 321 g/mol. The van der Waals surface area contributed by atoms with Gasteiger partial charge in [-0.1, -0.05) is 0 Å². The molecule has 1 aliphatic rings. The molecule has 126 valence electrons. The molecule has 0 radical (unpaired) electrons. The van der Waals surface area contributed by atoms with E-state index in [1.165, 1.54) is 6.07 Å². The third kappa shape index (κ3) is 4.06. The van der Waals surface area contributed by atoms with E-state index < -0.39 is 28.6 Å². The van der Waals surface area contributed by atoms with Crippen molar-refractivity contribution in [3.05, 3.63) is 22.2 Å². The Balaban J connectivity index is 2.28. The van der Waals surface area contributed by atoms with Gasteiger partial charge in [-0.15, -0.1) is 0 Å². The second kappa shape index (κ2) is 6.36. The van der Waals surface area contributed by atoms with Gasteiger partial charge in [0.1, 0.15) is 5.82 Å². The molecule has 2 rings (SSSR count). The minimum atomic E-state index is -5.26. The van der Waals surface area contributed by atoms with Crippen LogP contribution in [-0.4, -0.2) is 60.2 Å². The molecule has 0 amide bonds. The van der Waals surface area contributed by atoms with Gasteiger partial charge in [-0.3, -0.25) is 10.1 Å². The third-order valence-corrected chi connectivity index (χ3v) is 3.27. The van der Waals surface area contributed by atoms with Gasteiger partial charge < -0.3 is 14.5 Å². The lowest BCUT2D eigenvalue weighted by Crippen LogP contribution is -2.44. The van der Waals surface area contributed by atoms with Crippen LogP contribution in [0.2, 0.25) is 0 Å². The summed E-state index contributed by atoms with van der Waals surface area (Å²) >= 11 is 0. The number of esters is 1. The monoisotopic (exact) mass is 334 g/mol. The van der Waals surface area contributed by atoms with Gasteiger partial charge in [0, 0.05) is 32.2 Å². The predicted octanol–water partition coefficient (Wildman–Crippen LogP) is 1.21. The zero-order valence-electron chi connectivity index (χ0n) is 12.0. The fourth-order valence-electron chi connectivity index (χ4n) is 1.99. The predicted molar refractivity (Wildman–Crippen MR) is 72.3 cm³/mol. The number of pyridine rings is 1. The van der Waals surface area contributed by atoms with Crippen LogP contribution >= 0.6 is 0 Å². The number of anilines is 1. The molecule has 0 unspecified atom stereocenters. The lowest BCUT2D eigenvalue weighted by molar-refractivity contribution is -0.386. The molecule has 1 saturated heterocycles.